The topological polar surface area (TPSA) is 38.7 Å². The van der Waals surface area contributed by atoms with Gasteiger partial charge in [-0.3, -0.25) is 0 Å². The molecular weight excluding hydrogens is 132 g/mol. The Hall–Kier alpha value is -0.120. The van der Waals surface area contributed by atoms with Gasteiger partial charge < -0.3 is 5.11 Å². The second-order valence-electron chi connectivity index (χ2n) is 3.74. The largest absolute Gasteiger partial charge is 0.366 e. The molecule has 0 saturated carbocycles. The highest BCUT2D eigenvalue weighted by atomic mass is 17.2. The van der Waals surface area contributed by atoms with Crippen LogP contribution in [0.4, 0.5) is 0 Å². The van der Waals surface area contributed by atoms with Gasteiger partial charge in [0.2, 0.25) is 0 Å². The first-order valence-corrected chi connectivity index (χ1v) is 3.50. The predicted octanol–water partition coefficient (Wildman–Crippen LogP) is 1.07. The molecule has 10 heavy (non-hydrogen) atoms. The second-order valence-corrected chi connectivity index (χ2v) is 3.74. The summed E-state index contributed by atoms with van der Waals surface area (Å²) < 4.78 is 0. The van der Waals surface area contributed by atoms with Crippen LogP contribution in [0.3, 0.4) is 0 Å². The van der Waals surface area contributed by atoms with Crippen molar-refractivity contribution < 1.29 is 14.9 Å². The zero-order valence-electron chi connectivity index (χ0n) is 6.63. The Bertz CT molecular complexity index is 117. The maximum Gasteiger partial charge on any atom is 0.191 e. The molecule has 3 nitrogen and oxygen atoms in total. The van der Waals surface area contributed by atoms with Crippen LogP contribution in [0.1, 0.15) is 27.2 Å². The van der Waals surface area contributed by atoms with Crippen LogP contribution in [0.5, 0.6) is 0 Å². The summed E-state index contributed by atoms with van der Waals surface area (Å²) in [6.45, 7) is 6.16. The van der Waals surface area contributed by atoms with Crippen molar-refractivity contribution in [3.05, 3.63) is 0 Å². The van der Waals surface area contributed by atoms with Crippen molar-refractivity contribution in [3.8, 4) is 0 Å². The normalized spacial score (nSPS) is 34.8. The van der Waals surface area contributed by atoms with Crippen molar-refractivity contribution in [2.24, 2.45) is 5.41 Å². The molecule has 0 spiro atoms. The van der Waals surface area contributed by atoms with Gasteiger partial charge in [-0.2, -0.15) is 0 Å². The van der Waals surface area contributed by atoms with E-state index in [1.54, 1.807) is 0 Å². The number of hydrogen-bond donors (Lipinski definition) is 1. The molecule has 3 heteroatoms. The predicted molar refractivity (Wildman–Crippen MR) is 36.0 cm³/mol. The minimum absolute atomic E-state index is 0.0162. The van der Waals surface area contributed by atoms with Crippen molar-refractivity contribution >= 4 is 0 Å². The summed E-state index contributed by atoms with van der Waals surface area (Å²) in [5.41, 5.74) is 0.0531. The molecule has 1 heterocycles. The van der Waals surface area contributed by atoms with Gasteiger partial charge in [0.25, 0.3) is 0 Å². The standard InChI is InChI=1S/C7H14O3/c1-7(2,3)5-4-6(8)10-9-5/h5-6,8H,4H2,1-3H3. The molecule has 1 aliphatic heterocycles. The molecule has 0 aromatic heterocycles. The highest BCUT2D eigenvalue weighted by Crippen LogP contribution is 2.30. The van der Waals surface area contributed by atoms with Crippen LogP contribution in [0, 0.1) is 5.41 Å². The third kappa shape index (κ3) is 1.68. The Labute approximate surface area is 60.9 Å². The fraction of sp³-hybridized carbons (Fsp3) is 1.00. The van der Waals surface area contributed by atoms with Crippen LogP contribution >= 0.6 is 0 Å². The monoisotopic (exact) mass is 146 g/mol. The Balaban J connectivity index is 2.45. The summed E-state index contributed by atoms with van der Waals surface area (Å²) >= 11 is 0. The maximum absolute atomic E-state index is 8.92. The number of aliphatic hydroxyl groups is 1. The molecule has 1 N–H and O–H groups in total. The number of rotatable bonds is 0. The van der Waals surface area contributed by atoms with Gasteiger partial charge in [0.1, 0.15) is 6.10 Å². The molecule has 2 unspecified atom stereocenters. The molecule has 1 saturated heterocycles. The highest BCUT2D eigenvalue weighted by Gasteiger charge is 2.34. The van der Waals surface area contributed by atoms with Gasteiger partial charge >= 0.3 is 0 Å². The van der Waals surface area contributed by atoms with Crippen LogP contribution < -0.4 is 0 Å². The molecule has 2 atom stereocenters. The smallest absolute Gasteiger partial charge is 0.191 e. The summed E-state index contributed by atoms with van der Waals surface area (Å²) in [6.07, 6.45) is -0.143. The van der Waals surface area contributed by atoms with E-state index in [0.717, 1.165) is 0 Å². The van der Waals surface area contributed by atoms with Gasteiger partial charge in [0.15, 0.2) is 6.29 Å². The Morgan fingerprint density at radius 2 is 1.90 bits per heavy atom. The Kier molecular flexibility index (Phi) is 1.99. The van der Waals surface area contributed by atoms with Gasteiger partial charge in [0, 0.05) is 6.42 Å². The molecule has 1 rings (SSSR count). The summed E-state index contributed by atoms with van der Waals surface area (Å²) in [5.74, 6) is 0. The second kappa shape index (κ2) is 2.49. The lowest BCUT2D eigenvalue weighted by atomic mass is 9.87. The third-order valence-corrected chi connectivity index (χ3v) is 1.66. The minimum Gasteiger partial charge on any atom is -0.366 e. The third-order valence-electron chi connectivity index (χ3n) is 1.66. The molecule has 0 radical (unpaired) electrons. The van der Waals surface area contributed by atoms with E-state index < -0.39 is 6.29 Å². The molecular formula is C7H14O3. The first-order valence-electron chi connectivity index (χ1n) is 3.50. The molecule has 1 aliphatic rings. The average molecular weight is 146 g/mol. The zero-order chi connectivity index (χ0) is 7.78. The van der Waals surface area contributed by atoms with Crippen molar-refractivity contribution in [1.29, 1.82) is 0 Å². The van der Waals surface area contributed by atoms with E-state index in [9.17, 15) is 0 Å². The first-order chi connectivity index (χ1) is 4.50. The van der Waals surface area contributed by atoms with E-state index >= 15 is 0 Å². The fourth-order valence-electron chi connectivity index (χ4n) is 0.891. The van der Waals surface area contributed by atoms with Crippen molar-refractivity contribution in [1.82, 2.24) is 0 Å². The van der Waals surface area contributed by atoms with Gasteiger partial charge in [-0.1, -0.05) is 20.8 Å². The zero-order valence-corrected chi connectivity index (χ0v) is 6.63. The van der Waals surface area contributed by atoms with Crippen LogP contribution in [-0.4, -0.2) is 17.5 Å². The maximum atomic E-state index is 8.92. The summed E-state index contributed by atoms with van der Waals surface area (Å²) in [5, 5.41) is 8.92. The lowest BCUT2D eigenvalue weighted by molar-refractivity contribution is -0.342. The van der Waals surface area contributed by atoms with E-state index in [0.29, 0.717) is 6.42 Å². The van der Waals surface area contributed by atoms with E-state index in [2.05, 4.69) is 25.7 Å². The molecule has 0 bridgehead atoms. The van der Waals surface area contributed by atoms with E-state index in [1.807, 2.05) is 0 Å². The van der Waals surface area contributed by atoms with Gasteiger partial charge in [0.05, 0.1) is 0 Å². The number of aliphatic hydroxyl groups excluding tert-OH is 1. The van der Waals surface area contributed by atoms with Crippen molar-refractivity contribution in [2.45, 2.75) is 39.6 Å². The average Bonchev–Trinajstić information content (AvgIpc) is 2.11. The molecule has 1 fully saturated rings. The first kappa shape index (κ1) is 7.98. The molecule has 0 aromatic rings. The summed E-state index contributed by atoms with van der Waals surface area (Å²) in [4.78, 5) is 9.43. The fourth-order valence-corrected chi connectivity index (χ4v) is 0.891. The molecule has 0 aromatic carbocycles. The van der Waals surface area contributed by atoms with Gasteiger partial charge in [-0.25, -0.2) is 9.78 Å². The van der Waals surface area contributed by atoms with Gasteiger partial charge in [-0.05, 0) is 5.41 Å². The summed E-state index contributed by atoms with van der Waals surface area (Å²) in [7, 11) is 0. The molecule has 0 aliphatic carbocycles. The van der Waals surface area contributed by atoms with Crippen LogP contribution in [0.25, 0.3) is 0 Å². The van der Waals surface area contributed by atoms with Crippen molar-refractivity contribution in [3.63, 3.8) is 0 Å². The minimum atomic E-state index is -0.732. The SMILES string of the molecule is CC(C)(C)C1CC(O)OO1. The van der Waals surface area contributed by atoms with Gasteiger partial charge in [-0.15, -0.1) is 0 Å². The van der Waals surface area contributed by atoms with E-state index in [-0.39, 0.29) is 11.5 Å². The van der Waals surface area contributed by atoms with Crippen LogP contribution in [-0.2, 0) is 9.78 Å². The lowest BCUT2D eigenvalue weighted by Gasteiger charge is -2.22. The summed E-state index contributed by atoms with van der Waals surface area (Å²) in [6, 6.07) is 0. The van der Waals surface area contributed by atoms with E-state index in [1.165, 1.54) is 0 Å². The molecule has 60 valence electrons. The van der Waals surface area contributed by atoms with E-state index in [4.69, 9.17) is 9.99 Å². The van der Waals surface area contributed by atoms with Crippen LogP contribution in [0.2, 0.25) is 0 Å². The Morgan fingerprint density at radius 1 is 1.30 bits per heavy atom. The molecule has 0 amide bonds. The van der Waals surface area contributed by atoms with Crippen LogP contribution in [0.15, 0.2) is 0 Å². The lowest BCUT2D eigenvalue weighted by Crippen LogP contribution is -2.25. The quantitative estimate of drug-likeness (QED) is 0.519. The number of hydrogen-bond acceptors (Lipinski definition) is 3. The Morgan fingerprint density at radius 3 is 2.10 bits per heavy atom. The van der Waals surface area contributed by atoms with Crippen molar-refractivity contribution in [2.75, 3.05) is 0 Å². The highest BCUT2D eigenvalue weighted by molar-refractivity contribution is 4.76.